The Kier molecular flexibility index (Phi) is 5.68. The van der Waals surface area contributed by atoms with E-state index in [-0.39, 0.29) is 54.5 Å². The highest BCUT2D eigenvalue weighted by molar-refractivity contribution is 5.94. The van der Waals surface area contributed by atoms with Crippen molar-refractivity contribution in [2.75, 3.05) is 32.1 Å². The number of rotatable bonds is 3. The van der Waals surface area contributed by atoms with E-state index >= 15 is 8.78 Å². The molecule has 2 aromatic carbocycles. The Labute approximate surface area is 194 Å². The van der Waals surface area contributed by atoms with Crippen LogP contribution < -0.4 is 5.32 Å². The molecule has 0 aliphatic carbocycles. The van der Waals surface area contributed by atoms with Gasteiger partial charge in [-0.25, -0.2) is 18.6 Å². The van der Waals surface area contributed by atoms with Crippen molar-refractivity contribution in [1.29, 1.82) is 0 Å². The number of benzene rings is 2. The Bertz CT molecular complexity index is 1310. The van der Waals surface area contributed by atoms with Crippen LogP contribution in [0.3, 0.4) is 0 Å². The number of aromatic nitrogens is 2. The molecular formula is C24H24F2N4O4. The average Bonchev–Trinajstić information content (AvgIpc) is 3.15. The van der Waals surface area contributed by atoms with Crippen LogP contribution >= 0.6 is 0 Å². The first kappa shape index (κ1) is 22.3. The van der Waals surface area contributed by atoms with E-state index in [0.717, 1.165) is 11.6 Å². The van der Waals surface area contributed by atoms with Crippen LogP contribution in [0.1, 0.15) is 17.5 Å². The van der Waals surface area contributed by atoms with E-state index in [1.54, 1.807) is 9.47 Å². The maximum Gasteiger partial charge on any atom is 0.409 e. The fraction of sp³-hybridized carbons (Fsp3) is 0.375. The molecule has 5 rings (SSSR count). The first-order valence-corrected chi connectivity index (χ1v) is 11.1. The molecule has 2 amide bonds. The van der Waals surface area contributed by atoms with Crippen molar-refractivity contribution in [1.82, 2.24) is 14.5 Å². The molecule has 178 valence electrons. The standard InChI is InChI=1S/C24H24F2N4O4/c1-13-3-5-19-18(9-13)28-23(30(19)12-14-11-29(7-8-34-14)24(32)33-2)21-16(25)10-17-15(22(21)26)4-6-20(31)27-17/h3,5,9-10,14H,4,6-8,11-12H2,1-2H3,(H,27,31)/t14-/m1/s1. The van der Waals surface area contributed by atoms with Gasteiger partial charge in [0.05, 0.1) is 49.5 Å². The third-order valence-electron chi connectivity index (χ3n) is 6.28. The zero-order chi connectivity index (χ0) is 24.0. The Balaban J connectivity index is 1.61. The summed E-state index contributed by atoms with van der Waals surface area (Å²) in [4.78, 5) is 29.8. The minimum Gasteiger partial charge on any atom is -0.453 e. The molecule has 10 heteroatoms. The van der Waals surface area contributed by atoms with Crippen molar-refractivity contribution in [3.8, 4) is 11.4 Å². The number of morpholine rings is 1. The highest BCUT2D eigenvalue weighted by Crippen LogP contribution is 2.36. The largest absolute Gasteiger partial charge is 0.453 e. The molecule has 0 radical (unpaired) electrons. The number of fused-ring (bicyclic) bond motifs is 2. The summed E-state index contributed by atoms with van der Waals surface area (Å²) in [6, 6.07) is 6.76. The quantitative estimate of drug-likeness (QED) is 0.632. The van der Waals surface area contributed by atoms with E-state index in [9.17, 15) is 9.59 Å². The van der Waals surface area contributed by atoms with Crippen molar-refractivity contribution < 1.29 is 27.8 Å². The smallest absolute Gasteiger partial charge is 0.409 e. The van der Waals surface area contributed by atoms with Crippen LogP contribution in [0.15, 0.2) is 24.3 Å². The number of ether oxygens (including phenoxy) is 2. The van der Waals surface area contributed by atoms with Crippen LogP contribution in [0.2, 0.25) is 0 Å². The Morgan fingerprint density at radius 3 is 2.91 bits per heavy atom. The van der Waals surface area contributed by atoms with E-state index < -0.39 is 23.8 Å². The van der Waals surface area contributed by atoms with Gasteiger partial charge in [-0.2, -0.15) is 0 Å². The minimum absolute atomic E-state index is 0.129. The Morgan fingerprint density at radius 2 is 2.12 bits per heavy atom. The molecule has 34 heavy (non-hydrogen) atoms. The van der Waals surface area contributed by atoms with Crippen LogP contribution in [-0.4, -0.2) is 59.4 Å². The fourth-order valence-corrected chi connectivity index (χ4v) is 4.62. The van der Waals surface area contributed by atoms with Gasteiger partial charge >= 0.3 is 6.09 Å². The number of imidazole rings is 1. The summed E-state index contributed by atoms with van der Waals surface area (Å²) in [6.07, 6.45) is -0.564. The maximum atomic E-state index is 15.7. The lowest BCUT2D eigenvalue weighted by atomic mass is 9.98. The number of carbonyl (C=O) groups excluding carboxylic acids is 2. The van der Waals surface area contributed by atoms with Gasteiger partial charge in [-0.1, -0.05) is 6.07 Å². The molecule has 8 nitrogen and oxygen atoms in total. The Hall–Kier alpha value is -3.53. The van der Waals surface area contributed by atoms with Crippen molar-refractivity contribution in [2.45, 2.75) is 32.4 Å². The number of nitrogens with one attached hydrogen (secondary N) is 1. The van der Waals surface area contributed by atoms with Gasteiger partial charge in [-0.05, 0) is 37.1 Å². The first-order chi connectivity index (χ1) is 16.4. The van der Waals surface area contributed by atoms with Gasteiger partial charge in [-0.15, -0.1) is 0 Å². The summed E-state index contributed by atoms with van der Waals surface area (Å²) in [7, 11) is 1.32. The van der Waals surface area contributed by atoms with Gasteiger partial charge < -0.3 is 24.3 Å². The number of hydrogen-bond donors (Lipinski definition) is 1. The number of amides is 2. The average molecular weight is 470 g/mol. The second kappa shape index (κ2) is 8.68. The molecule has 3 aromatic rings. The van der Waals surface area contributed by atoms with Crippen molar-refractivity contribution >= 4 is 28.7 Å². The van der Waals surface area contributed by atoms with Crippen LogP contribution in [0.25, 0.3) is 22.4 Å². The van der Waals surface area contributed by atoms with E-state index in [4.69, 9.17) is 9.47 Å². The molecule has 1 atom stereocenters. The van der Waals surface area contributed by atoms with Gasteiger partial charge in [0.15, 0.2) is 0 Å². The summed E-state index contributed by atoms with van der Waals surface area (Å²) >= 11 is 0. The van der Waals surface area contributed by atoms with E-state index in [0.29, 0.717) is 24.2 Å². The highest BCUT2D eigenvalue weighted by Gasteiger charge is 2.30. The van der Waals surface area contributed by atoms with Crippen LogP contribution in [0.5, 0.6) is 0 Å². The second-order valence-electron chi connectivity index (χ2n) is 8.57. The van der Waals surface area contributed by atoms with Gasteiger partial charge in [0.25, 0.3) is 0 Å². The lowest BCUT2D eigenvalue weighted by Crippen LogP contribution is -2.47. The topological polar surface area (TPSA) is 85.7 Å². The van der Waals surface area contributed by atoms with Gasteiger partial charge in [0.1, 0.15) is 17.5 Å². The third kappa shape index (κ3) is 3.87. The molecule has 1 saturated heterocycles. The molecule has 1 N–H and O–H groups in total. The van der Waals surface area contributed by atoms with Gasteiger partial charge in [0.2, 0.25) is 5.91 Å². The molecule has 2 aliphatic rings. The molecule has 1 fully saturated rings. The molecule has 0 unspecified atom stereocenters. The van der Waals surface area contributed by atoms with Crippen LogP contribution in [0.4, 0.5) is 19.3 Å². The van der Waals surface area contributed by atoms with Gasteiger partial charge in [-0.3, -0.25) is 4.79 Å². The zero-order valence-corrected chi connectivity index (χ0v) is 18.9. The predicted molar refractivity (Wildman–Crippen MR) is 120 cm³/mol. The highest BCUT2D eigenvalue weighted by atomic mass is 19.1. The molecular weight excluding hydrogens is 446 g/mol. The van der Waals surface area contributed by atoms with Crippen molar-refractivity contribution in [3.63, 3.8) is 0 Å². The number of anilines is 1. The summed E-state index contributed by atoms with van der Waals surface area (Å²) in [5.41, 5.74) is 2.42. The number of carbonyl (C=O) groups is 2. The minimum atomic E-state index is -0.813. The number of nitrogens with zero attached hydrogens (tertiary/aromatic N) is 3. The number of hydrogen-bond acceptors (Lipinski definition) is 5. The second-order valence-corrected chi connectivity index (χ2v) is 8.57. The summed E-state index contributed by atoms with van der Waals surface area (Å²) in [5, 5.41) is 2.54. The fourth-order valence-electron chi connectivity index (χ4n) is 4.62. The zero-order valence-electron chi connectivity index (χ0n) is 18.9. The van der Waals surface area contributed by atoms with Gasteiger partial charge in [0, 0.05) is 24.2 Å². The lowest BCUT2D eigenvalue weighted by Gasteiger charge is -2.32. The molecule has 0 saturated carbocycles. The van der Waals surface area contributed by atoms with E-state index in [1.165, 1.54) is 7.11 Å². The summed E-state index contributed by atoms with van der Waals surface area (Å²) in [6.45, 7) is 3.15. The first-order valence-electron chi connectivity index (χ1n) is 11.1. The molecule has 0 bridgehead atoms. The molecule has 3 heterocycles. The monoisotopic (exact) mass is 470 g/mol. The number of halogens is 2. The van der Waals surface area contributed by atoms with E-state index in [1.807, 2.05) is 25.1 Å². The van der Waals surface area contributed by atoms with Crippen LogP contribution in [0, 0.1) is 18.6 Å². The predicted octanol–water partition coefficient (Wildman–Crippen LogP) is 3.64. The maximum absolute atomic E-state index is 15.7. The molecule has 2 aliphatic heterocycles. The lowest BCUT2D eigenvalue weighted by molar-refractivity contribution is -0.116. The van der Waals surface area contributed by atoms with Crippen molar-refractivity contribution in [3.05, 3.63) is 47.0 Å². The SMILES string of the molecule is COC(=O)N1CCO[C@@H](Cn2c(-c3c(F)cc4c(c3F)CCC(=O)N4)nc3cc(C)ccc32)C1. The molecule has 1 aromatic heterocycles. The van der Waals surface area contributed by atoms with Crippen LogP contribution in [-0.2, 0) is 27.2 Å². The number of aryl methyl sites for hydroxylation is 1. The third-order valence-corrected chi connectivity index (χ3v) is 6.28. The normalized spacial score (nSPS) is 18.1. The van der Waals surface area contributed by atoms with Crippen molar-refractivity contribution in [2.24, 2.45) is 0 Å². The molecule has 0 spiro atoms. The summed E-state index contributed by atoms with van der Waals surface area (Å²) in [5.74, 6) is -1.68. The number of methoxy groups -OCH3 is 1. The Morgan fingerprint density at radius 1 is 1.29 bits per heavy atom. The van der Waals surface area contributed by atoms with E-state index in [2.05, 4.69) is 10.3 Å². The summed E-state index contributed by atoms with van der Waals surface area (Å²) < 4.78 is 43.4.